The maximum atomic E-state index is 13.3. The molecule has 0 spiro atoms. The van der Waals surface area contributed by atoms with Gasteiger partial charge in [0.25, 0.3) is 0 Å². The summed E-state index contributed by atoms with van der Waals surface area (Å²) in [6.45, 7) is 2.76. The number of benzene rings is 1. The number of halogens is 2. The molecule has 1 N–H and O–H groups in total. The van der Waals surface area contributed by atoms with Gasteiger partial charge in [0, 0.05) is 55.6 Å². The van der Waals surface area contributed by atoms with Gasteiger partial charge in [0.15, 0.2) is 11.5 Å². The maximum Gasteiger partial charge on any atom is 0.324 e. The predicted molar refractivity (Wildman–Crippen MR) is 122 cm³/mol. The Morgan fingerprint density at radius 3 is 2.82 bits per heavy atom. The van der Waals surface area contributed by atoms with E-state index in [9.17, 15) is 13.6 Å². The molecule has 1 aliphatic heterocycles. The van der Waals surface area contributed by atoms with Gasteiger partial charge < -0.3 is 19.4 Å². The van der Waals surface area contributed by atoms with Crippen LogP contribution in [-0.4, -0.2) is 53.6 Å². The molecule has 0 atom stereocenters. The molecule has 3 heterocycles. The lowest BCUT2D eigenvalue weighted by Crippen LogP contribution is -2.49. The summed E-state index contributed by atoms with van der Waals surface area (Å²) in [5.74, 6) is -1.79. The van der Waals surface area contributed by atoms with Gasteiger partial charge in [-0.05, 0) is 49.6 Å². The van der Waals surface area contributed by atoms with Gasteiger partial charge in [-0.2, -0.15) is 0 Å². The number of carbonyl (C=O) groups excluding carboxylic acids is 1. The van der Waals surface area contributed by atoms with Crippen LogP contribution in [-0.2, 0) is 6.54 Å². The molecule has 0 saturated carbocycles. The fourth-order valence-electron chi connectivity index (χ4n) is 4.04. The summed E-state index contributed by atoms with van der Waals surface area (Å²) >= 11 is 0. The first-order valence-corrected chi connectivity index (χ1v) is 11.0. The number of carbonyl (C=O) groups is 1. The Balaban J connectivity index is 1.48. The van der Waals surface area contributed by atoms with Crippen molar-refractivity contribution in [2.45, 2.75) is 38.7 Å². The number of amides is 2. The highest BCUT2D eigenvalue weighted by molar-refractivity contribution is 5.93. The van der Waals surface area contributed by atoms with Crippen LogP contribution < -0.4 is 14.4 Å². The van der Waals surface area contributed by atoms with Gasteiger partial charge in [0.1, 0.15) is 5.65 Å². The number of aromatic amines is 1. The largest absolute Gasteiger partial charge is 0.493 e. The summed E-state index contributed by atoms with van der Waals surface area (Å²) in [5.41, 5.74) is 2.51. The lowest BCUT2D eigenvalue weighted by Gasteiger charge is -2.36. The number of nitrogens with one attached hydrogen (secondary N) is 1. The molecule has 0 radical (unpaired) electrons. The Morgan fingerprint density at radius 2 is 2.03 bits per heavy atom. The van der Waals surface area contributed by atoms with Crippen LogP contribution in [0.15, 0.2) is 42.7 Å². The summed E-state index contributed by atoms with van der Waals surface area (Å²) in [7, 11) is 1.52. The number of pyridine rings is 1. The van der Waals surface area contributed by atoms with Crippen molar-refractivity contribution in [2.75, 3.05) is 31.7 Å². The van der Waals surface area contributed by atoms with E-state index in [1.807, 2.05) is 29.3 Å². The number of ether oxygens (including phenoxy) is 2. The summed E-state index contributed by atoms with van der Waals surface area (Å²) in [6.07, 6.45) is 4.36. The number of hydrogen-bond donors (Lipinski definition) is 1. The van der Waals surface area contributed by atoms with E-state index in [0.717, 1.165) is 29.9 Å². The number of urea groups is 1. The van der Waals surface area contributed by atoms with Crippen molar-refractivity contribution in [3.05, 3.63) is 48.3 Å². The smallest absolute Gasteiger partial charge is 0.324 e. The number of fused-ring (bicyclic) bond motifs is 1. The Bertz CT molecular complexity index is 1110. The number of anilines is 1. The topological polar surface area (TPSA) is 70.7 Å². The summed E-state index contributed by atoms with van der Waals surface area (Å²) in [6, 6.07) is 9.08. The predicted octanol–water partition coefficient (Wildman–Crippen LogP) is 5.22. The summed E-state index contributed by atoms with van der Waals surface area (Å²) in [5, 5.41) is 1.00. The van der Waals surface area contributed by atoms with E-state index in [4.69, 9.17) is 9.47 Å². The number of methoxy groups -OCH3 is 1. The van der Waals surface area contributed by atoms with Gasteiger partial charge in [-0.1, -0.05) is 0 Å². The number of aromatic nitrogens is 2. The molecular weight excluding hydrogens is 430 g/mol. The zero-order valence-corrected chi connectivity index (χ0v) is 18.8. The van der Waals surface area contributed by atoms with Gasteiger partial charge in [-0.25, -0.2) is 18.6 Å². The number of nitrogens with zero attached hydrogens (tertiary/aromatic N) is 3. The van der Waals surface area contributed by atoms with Crippen LogP contribution >= 0.6 is 0 Å². The van der Waals surface area contributed by atoms with Crippen LogP contribution in [0.1, 0.15) is 31.7 Å². The van der Waals surface area contributed by atoms with E-state index in [0.29, 0.717) is 36.8 Å². The molecular formula is C24H28F2N4O3. The quantitative estimate of drug-likeness (QED) is 0.447. The van der Waals surface area contributed by atoms with Crippen molar-refractivity contribution in [2.24, 2.45) is 0 Å². The highest BCUT2D eigenvalue weighted by Crippen LogP contribution is 2.34. The SMILES string of the molecule is COc1ccc(N2CCCN(Cc3ccnc4[nH]ccc34)C2=O)cc1OCCCC(C)(F)F. The van der Waals surface area contributed by atoms with Crippen molar-refractivity contribution in [1.29, 1.82) is 0 Å². The van der Waals surface area contributed by atoms with Crippen LogP contribution in [0.5, 0.6) is 11.5 Å². The molecule has 1 fully saturated rings. The van der Waals surface area contributed by atoms with Crippen molar-refractivity contribution < 1.29 is 23.0 Å². The lowest BCUT2D eigenvalue weighted by atomic mass is 10.1. The zero-order chi connectivity index (χ0) is 23.4. The Kier molecular flexibility index (Phi) is 6.67. The number of H-pyrrole nitrogens is 1. The molecule has 1 aliphatic rings. The second kappa shape index (κ2) is 9.64. The van der Waals surface area contributed by atoms with Crippen LogP contribution in [0.25, 0.3) is 11.0 Å². The highest BCUT2D eigenvalue weighted by atomic mass is 19.3. The fraction of sp³-hybridized carbons (Fsp3) is 0.417. The number of alkyl halides is 2. The molecule has 1 aromatic carbocycles. The standard InChI is InChI=1S/C24H28F2N4O3/c1-24(25,26)9-3-14-33-21-15-18(5-6-20(21)32-2)30-13-4-12-29(23(30)31)16-17-7-10-27-22-19(17)8-11-28-22/h5-8,10-11,15H,3-4,9,12-14,16H2,1-2H3,(H,27,28). The second-order valence-electron chi connectivity index (χ2n) is 8.28. The first kappa shape index (κ1) is 22.8. The van der Waals surface area contributed by atoms with Gasteiger partial charge >= 0.3 is 6.03 Å². The Morgan fingerprint density at radius 1 is 1.18 bits per heavy atom. The normalized spacial score (nSPS) is 14.7. The van der Waals surface area contributed by atoms with Crippen LogP contribution in [0.4, 0.5) is 19.3 Å². The minimum Gasteiger partial charge on any atom is -0.493 e. The van der Waals surface area contributed by atoms with Crippen molar-refractivity contribution >= 4 is 22.8 Å². The van der Waals surface area contributed by atoms with Gasteiger partial charge in [-0.15, -0.1) is 0 Å². The fourth-order valence-corrected chi connectivity index (χ4v) is 4.04. The van der Waals surface area contributed by atoms with Crippen molar-refractivity contribution in [1.82, 2.24) is 14.9 Å². The molecule has 0 aliphatic carbocycles. The van der Waals surface area contributed by atoms with E-state index >= 15 is 0 Å². The summed E-state index contributed by atoms with van der Waals surface area (Å²) < 4.78 is 37.2. The third kappa shape index (κ3) is 5.35. The highest BCUT2D eigenvalue weighted by Gasteiger charge is 2.28. The molecule has 176 valence electrons. The van der Waals surface area contributed by atoms with Crippen molar-refractivity contribution in [3.63, 3.8) is 0 Å². The molecule has 3 aromatic rings. The number of hydrogen-bond acceptors (Lipinski definition) is 4. The van der Waals surface area contributed by atoms with E-state index in [1.165, 1.54) is 7.11 Å². The van der Waals surface area contributed by atoms with E-state index in [1.54, 1.807) is 23.2 Å². The molecule has 7 nitrogen and oxygen atoms in total. The van der Waals surface area contributed by atoms with Crippen LogP contribution in [0.3, 0.4) is 0 Å². The van der Waals surface area contributed by atoms with Gasteiger partial charge in [-0.3, -0.25) is 4.90 Å². The van der Waals surface area contributed by atoms with Crippen LogP contribution in [0, 0.1) is 0 Å². The zero-order valence-electron chi connectivity index (χ0n) is 18.8. The second-order valence-corrected chi connectivity index (χ2v) is 8.28. The lowest BCUT2D eigenvalue weighted by molar-refractivity contribution is 0.00763. The summed E-state index contributed by atoms with van der Waals surface area (Å²) in [4.78, 5) is 24.3. The molecule has 9 heteroatoms. The molecule has 2 amide bonds. The monoisotopic (exact) mass is 458 g/mol. The van der Waals surface area contributed by atoms with Crippen molar-refractivity contribution in [3.8, 4) is 11.5 Å². The minimum atomic E-state index is -2.72. The Hall–Kier alpha value is -3.36. The van der Waals surface area contributed by atoms with E-state index in [-0.39, 0.29) is 25.5 Å². The average molecular weight is 459 g/mol. The molecule has 4 rings (SSSR count). The minimum absolute atomic E-state index is 0.0940. The molecule has 33 heavy (non-hydrogen) atoms. The van der Waals surface area contributed by atoms with E-state index in [2.05, 4.69) is 9.97 Å². The first-order valence-electron chi connectivity index (χ1n) is 11.0. The number of rotatable bonds is 9. The van der Waals surface area contributed by atoms with Crippen LogP contribution in [0.2, 0.25) is 0 Å². The molecule has 0 unspecified atom stereocenters. The molecule has 0 bridgehead atoms. The third-order valence-electron chi connectivity index (χ3n) is 5.70. The molecule has 1 saturated heterocycles. The van der Waals surface area contributed by atoms with Gasteiger partial charge in [0.05, 0.1) is 13.7 Å². The average Bonchev–Trinajstić information content (AvgIpc) is 3.27. The third-order valence-corrected chi connectivity index (χ3v) is 5.70. The van der Waals surface area contributed by atoms with E-state index < -0.39 is 5.92 Å². The molecule has 2 aromatic heterocycles. The first-order chi connectivity index (χ1) is 15.9. The Labute approximate surface area is 191 Å². The maximum absolute atomic E-state index is 13.3. The van der Waals surface area contributed by atoms with Gasteiger partial charge in [0.2, 0.25) is 5.92 Å².